The molecule has 1 aliphatic heterocycles. The van der Waals surface area contributed by atoms with Gasteiger partial charge in [-0.25, -0.2) is 4.79 Å². The first-order chi connectivity index (χ1) is 12.7. The number of hydrogen-bond donors (Lipinski definition) is 1. The summed E-state index contributed by atoms with van der Waals surface area (Å²) in [5, 5.41) is 7.17. The smallest absolute Gasteiger partial charge is 0.322 e. The minimum Gasteiger partial charge on any atom is -0.383 e. The minimum atomic E-state index is -0.143. The number of urea groups is 1. The molecule has 1 saturated heterocycles. The number of benzene rings is 1. The summed E-state index contributed by atoms with van der Waals surface area (Å²) in [5.74, 6) is 0. The molecule has 3 rings (SSSR count). The van der Waals surface area contributed by atoms with Crippen LogP contribution in [0.15, 0.2) is 42.7 Å². The zero-order valence-electron chi connectivity index (χ0n) is 15.1. The number of rotatable bonds is 8. The van der Waals surface area contributed by atoms with Gasteiger partial charge in [-0.05, 0) is 18.4 Å². The number of methoxy groups -OCH3 is 1. The molecule has 1 aromatic heterocycles. The van der Waals surface area contributed by atoms with Crippen LogP contribution >= 0.6 is 0 Å². The summed E-state index contributed by atoms with van der Waals surface area (Å²) in [5.41, 5.74) is 1.77. The van der Waals surface area contributed by atoms with Crippen LogP contribution < -0.4 is 5.32 Å². The second kappa shape index (κ2) is 9.35. The van der Waals surface area contributed by atoms with E-state index in [1.807, 2.05) is 36.5 Å². The second-order valence-corrected chi connectivity index (χ2v) is 6.42. The molecule has 2 heterocycles. The van der Waals surface area contributed by atoms with Gasteiger partial charge in [0.05, 0.1) is 31.1 Å². The van der Waals surface area contributed by atoms with Crippen LogP contribution in [0.2, 0.25) is 0 Å². The van der Waals surface area contributed by atoms with Crippen LogP contribution in [-0.4, -0.2) is 53.7 Å². The number of nitrogens with zero attached hydrogens (tertiary/aromatic N) is 3. The molecular weight excluding hydrogens is 332 g/mol. The normalized spacial score (nSPS) is 16.6. The van der Waals surface area contributed by atoms with Crippen LogP contribution in [0, 0.1) is 0 Å². The van der Waals surface area contributed by atoms with E-state index < -0.39 is 0 Å². The fraction of sp³-hybridized carbons (Fsp3) is 0.474. The molecule has 1 fully saturated rings. The molecule has 0 spiro atoms. The van der Waals surface area contributed by atoms with Crippen molar-refractivity contribution in [3.8, 4) is 0 Å². The zero-order chi connectivity index (χ0) is 18.2. The zero-order valence-corrected chi connectivity index (χ0v) is 15.1. The summed E-state index contributed by atoms with van der Waals surface area (Å²) in [6, 6.07) is 9.85. The Balaban J connectivity index is 1.64. The third kappa shape index (κ3) is 5.31. The molecule has 1 N–H and O–H groups in total. The van der Waals surface area contributed by atoms with E-state index in [4.69, 9.17) is 9.47 Å². The van der Waals surface area contributed by atoms with Crippen LogP contribution in [0.4, 0.5) is 10.5 Å². The monoisotopic (exact) mass is 358 g/mol. The van der Waals surface area contributed by atoms with Crippen molar-refractivity contribution in [3.63, 3.8) is 0 Å². The molecule has 0 radical (unpaired) electrons. The predicted octanol–water partition coefficient (Wildman–Crippen LogP) is 2.74. The number of nitrogens with one attached hydrogen (secondary N) is 1. The van der Waals surface area contributed by atoms with E-state index in [1.54, 1.807) is 22.9 Å². The quantitative estimate of drug-likeness (QED) is 0.788. The Bertz CT molecular complexity index is 683. The molecule has 2 aromatic rings. The Morgan fingerprint density at radius 2 is 2.27 bits per heavy atom. The fourth-order valence-corrected chi connectivity index (χ4v) is 2.99. The van der Waals surface area contributed by atoms with Crippen molar-refractivity contribution in [3.05, 3.63) is 48.3 Å². The highest BCUT2D eigenvalue weighted by atomic mass is 16.5. The first-order valence-electron chi connectivity index (χ1n) is 8.97. The number of hydrogen-bond acceptors (Lipinski definition) is 4. The molecule has 0 aliphatic carbocycles. The molecular formula is C19H26N4O3. The predicted molar refractivity (Wildman–Crippen MR) is 98.9 cm³/mol. The van der Waals surface area contributed by atoms with Gasteiger partial charge in [-0.3, -0.25) is 4.68 Å². The summed E-state index contributed by atoms with van der Waals surface area (Å²) in [6.07, 6.45) is 5.61. The summed E-state index contributed by atoms with van der Waals surface area (Å²) >= 11 is 0. The number of amides is 2. The third-order valence-electron chi connectivity index (χ3n) is 4.36. The number of aromatic nitrogens is 2. The average Bonchev–Trinajstić information content (AvgIpc) is 3.32. The summed E-state index contributed by atoms with van der Waals surface area (Å²) in [6.45, 7) is 3.13. The highest BCUT2D eigenvalue weighted by Crippen LogP contribution is 2.16. The van der Waals surface area contributed by atoms with Crippen molar-refractivity contribution < 1.29 is 14.3 Å². The van der Waals surface area contributed by atoms with E-state index >= 15 is 0 Å². The van der Waals surface area contributed by atoms with Gasteiger partial charge in [0.2, 0.25) is 0 Å². The van der Waals surface area contributed by atoms with Gasteiger partial charge >= 0.3 is 6.03 Å². The Morgan fingerprint density at radius 3 is 3.00 bits per heavy atom. The third-order valence-corrected chi connectivity index (χ3v) is 4.36. The highest BCUT2D eigenvalue weighted by molar-refractivity contribution is 5.89. The lowest BCUT2D eigenvalue weighted by atomic mass is 10.2. The molecule has 140 valence electrons. The molecule has 0 saturated carbocycles. The molecule has 0 bridgehead atoms. The van der Waals surface area contributed by atoms with Gasteiger partial charge in [0.25, 0.3) is 0 Å². The Kier molecular flexibility index (Phi) is 6.62. The number of carbonyl (C=O) groups is 1. The van der Waals surface area contributed by atoms with Crippen molar-refractivity contribution >= 4 is 11.7 Å². The van der Waals surface area contributed by atoms with Gasteiger partial charge < -0.3 is 19.7 Å². The van der Waals surface area contributed by atoms with Crippen LogP contribution in [0.25, 0.3) is 0 Å². The van der Waals surface area contributed by atoms with Crippen LogP contribution in [0.5, 0.6) is 0 Å². The number of carbonyl (C=O) groups excluding carboxylic acids is 1. The second-order valence-electron chi connectivity index (χ2n) is 6.42. The van der Waals surface area contributed by atoms with E-state index in [0.717, 1.165) is 25.0 Å². The molecule has 26 heavy (non-hydrogen) atoms. The maximum absolute atomic E-state index is 12.8. The number of anilines is 1. The van der Waals surface area contributed by atoms with E-state index in [2.05, 4.69) is 10.4 Å². The Morgan fingerprint density at radius 1 is 1.42 bits per heavy atom. The first kappa shape index (κ1) is 18.4. The van der Waals surface area contributed by atoms with Crippen molar-refractivity contribution in [1.29, 1.82) is 0 Å². The van der Waals surface area contributed by atoms with Gasteiger partial charge in [0.15, 0.2) is 0 Å². The fourth-order valence-electron chi connectivity index (χ4n) is 2.99. The lowest BCUT2D eigenvalue weighted by Gasteiger charge is -2.25. The summed E-state index contributed by atoms with van der Waals surface area (Å²) in [7, 11) is 1.65. The standard InChI is InChI=1S/C19H26N4O3/c1-25-11-9-23-14-17(12-20-23)21-19(24)22(15-18-8-5-10-26-18)13-16-6-3-2-4-7-16/h2-4,6-7,12,14,18H,5,8-11,13,15H2,1H3,(H,21,24). The largest absolute Gasteiger partial charge is 0.383 e. The molecule has 1 atom stereocenters. The molecule has 7 heteroatoms. The van der Waals surface area contributed by atoms with Crippen molar-refractivity contribution in [2.75, 3.05) is 32.2 Å². The highest BCUT2D eigenvalue weighted by Gasteiger charge is 2.23. The molecule has 1 aromatic carbocycles. The molecule has 7 nitrogen and oxygen atoms in total. The maximum atomic E-state index is 12.8. The Hall–Kier alpha value is -2.38. The van der Waals surface area contributed by atoms with E-state index in [0.29, 0.717) is 31.9 Å². The molecule has 1 aliphatic rings. The van der Waals surface area contributed by atoms with Crippen LogP contribution in [-0.2, 0) is 22.6 Å². The van der Waals surface area contributed by atoms with Gasteiger partial charge in [0, 0.05) is 33.0 Å². The van der Waals surface area contributed by atoms with E-state index in [-0.39, 0.29) is 12.1 Å². The minimum absolute atomic E-state index is 0.105. The summed E-state index contributed by atoms with van der Waals surface area (Å²) < 4.78 is 12.5. The van der Waals surface area contributed by atoms with Crippen molar-refractivity contribution in [2.45, 2.75) is 32.0 Å². The van der Waals surface area contributed by atoms with Crippen LogP contribution in [0.3, 0.4) is 0 Å². The van der Waals surface area contributed by atoms with E-state index in [9.17, 15) is 4.79 Å². The van der Waals surface area contributed by atoms with Crippen molar-refractivity contribution in [1.82, 2.24) is 14.7 Å². The van der Waals surface area contributed by atoms with Gasteiger partial charge in [-0.2, -0.15) is 5.10 Å². The van der Waals surface area contributed by atoms with Gasteiger partial charge in [0.1, 0.15) is 0 Å². The first-order valence-corrected chi connectivity index (χ1v) is 8.97. The summed E-state index contributed by atoms with van der Waals surface area (Å²) in [4.78, 5) is 14.6. The Labute approximate surface area is 153 Å². The lowest BCUT2D eigenvalue weighted by Crippen LogP contribution is -2.39. The molecule has 1 unspecified atom stereocenters. The molecule has 2 amide bonds. The average molecular weight is 358 g/mol. The van der Waals surface area contributed by atoms with Crippen LogP contribution in [0.1, 0.15) is 18.4 Å². The maximum Gasteiger partial charge on any atom is 0.322 e. The SMILES string of the molecule is COCCn1cc(NC(=O)N(Cc2ccccc2)CC2CCCO2)cn1. The lowest BCUT2D eigenvalue weighted by molar-refractivity contribution is 0.0819. The van der Waals surface area contributed by atoms with E-state index in [1.165, 1.54) is 0 Å². The topological polar surface area (TPSA) is 68.6 Å². The van der Waals surface area contributed by atoms with Crippen molar-refractivity contribution in [2.24, 2.45) is 0 Å². The van der Waals surface area contributed by atoms with Gasteiger partial charge in [-0.1, -0.05) is 30.3 Å². The van der Waals surface area contributed by atoms with Gasteiger partial charge in [-0.15, -0.1) is 0 Å². The number of ether oxygens (including phenoxy) is 2.